The molecule has 1 heterocycles. The number of benzene rings is 1. The van der Waals surface area contributed by atoms with Gasteiger partial charge in [-0.15, -0.1) is 11.3 Å². The minimum Gasteiger partial charge on any atom is -0.310 e. The van der Waals surface area contributed by atoms with E-state index in [2.05, 4.69) is 37.4 Å². The van der Waals surface area contributed by atoms with Crippen LogP contribution in [0, 0.1) is 0 Å². The lowest BCUT2D eigenvalue weighted by atomic mass is 10.2. The van der Waals surface area contributed by atoms with Crippen LogP contribution in [0.3, 0.4) is 0 Å². The molecule has 1 unspecified atom stereocenters. The summed E-state index contributed by atoms with van der Waals surface area (Å²) in [6, 6.07) is 12.7. The molecular weight excluding hydrogens is 250 g/mol. The monoisotopic (exact) mass is 265 g/mol. The number of nitrogens with one attached hydrogen (secondary N) is 1. The lowest BCUT2D eigenvalue weighted by Gasteiger charge is -2.09. The Labute approximate surface area is 111 Å². The highest BCUT2D eigenvalue weighted by Gasteiger charge is 2.10. The van der Waals surface area contributed by atoms with Gasteiger partial charge in [0.2, 0.25) is 0 Å². The van der Waals surface area contributed by atoms with Crippen molar-refractivity contribution in [2.24, 2.45) is 0 Å². The van der Waals surface area contributed by atoms with Crippen molar-refractivity contribution in [3.8, 4) is 10.4 Å². The molecule has 1 aromatic carbocycles. The maximum Gasteiger partial charge on any atom is 0.0492 e. The fraction of sp³-hybridized carbons (Fsp3) is 0.286. The molecule has 17 heavy (non-hydrogen) atoms. The van der Waals surface area contributed by atoms with E-state index in [9.17, 15) is 0 Å². The summed E-state index contributed by atoms with van der Waals surface area (Å²) in [5.74, 6) is 0. The number of thiophene rings is 1. The van der Waals surface area contributed by atoms with E-state index in [0.29, 0.717) is 6.04 Å². The summed E-state index contributed by atoms with van der Waals surface area (Å²) < 4.78 is 0. The normalized spacial score (nSPS) is 12.6. The third-order valence-corrected chi connectivity index (χ3v) is 4.33. The first kappa shape index (κ1) is 12.6. The molecule has 3 heteroatoms. The van der Waals surface area contributed by atoms with E-state index >= 15 is 0 Å². The average Bonchev–Trinajstić information content (AvgIpc) is 2.79. The van der Waals surface area contributed by atoms with Crippen LogP contribution in [0.25, 0.3) is 10.4 Å². The Morgan fingerprint density at radius 2 is 2.00 bits per heavy atom. The molecule has 0 amide bonds. The quantitative estimate of drug-likeness (QED) is 0.842. The average molecular weight is 266 g/mol. The molecule has 1 N–H and O–H groups in total. The molecule has 0 aliphatic carbocycles. The van der Waals surface area contributed by atoms with Gasteiger partial charge in [-0.3, -0.25) is 0 Å². The van der Waals surface area contributed by atoms with E-state index in [1.807, 2.05) is 18.2 Å². The van der Waals surface area contributed by atoms with Gasteiger partial charge in [-0.05, 0) is 31.7 Å². The number of rotatable bonds is 4. The van der Waals surface area contributed by atoms with Gasteiger partial charge >= 0.3 is 0 Å². The highest BCUT2D eigenvalue weighted by Crippen LogP contribution is 2.35. The molecule has 0 saturated heterocycles. The van der Waals surface area contributed by atoms with Gasteiger partial charge in [-0.2, -0.15) is 0 Å². The van der Waals surface area contributed by atoms with E-state index < -0.39 is 0 Å². The molecule has 0 spiro atoms. The van der Waals surface area contributed by atoms with Gasteiger partial charge < -0.3 is 5.32 Å². The number of hydrogen-bond donors (Lipinski definition) is 1. The summed E-state index contributed by atoms with van der Waals surface area (Å²) in [6.07, 6.45) is 0. The predicted octanol–water partition coefficient (Wildman–Crippen LogP) is 4.74. The Bertz CT molecular complexity index is 492. The second-order valence-corrected chi connectivity index (χ2v) is 5.48. The Morgan fingerprint density at radius 1 is 1.24 bits per heavy atom. The van der Waals surface area contributed by atoms with Crippen molar-refractivity contribution in [2.75, 3.05) is 6.54 Å². The number of hydrogen-bond acceptors (Lipinski definition) is 2. The van der Waals surface area contributed by atoms with Gasteiger partial charge in [0, 0.05) is 26.4 Å². The molecule has 2 rings (SSSR count). The van der Waals surface area contributed by atoms with E-state index in [-0.39, 0.29) is 0 Å². The van der Waals surface area contributed by atoms with E-state index in [0.717, 1.165) is 17.1 Å². The van der Waals surface area contributed by atoms with Crippen molar-refractivity contribution in [2.45, 2.75) is 19.9 Å². The third-order valence-electron chi connectivity index (χ3n) is 2.70. The van der Waals surface area contributed by atoms with Crippen LogP contribution in [0.15, 0.2) is 36.4 Å². The highest BCUT2D eigenvalue weighted by molar-refractivity contribution is 7.15. The van der Waals surface area contributed by atoms with E-state index in [1.54, 1.807) is 11.3 Å². The molecule has 2 aromatic rings. The fourth-order valence-electron chi connectivity index (χ4n) is 1.80. The van der Waals surface area contributed by atoms with Crippen LogP contribution in [-0.2, 0) is 0 Å². The molecule has 0 bridgehead atoms. The van der Waals surface area contributed by atoms with Gasteiger partial charge in [-0.25, -0.2) is 0 Å². The van der Waals surface area contributed by atoms with Crippen molar-refractivity contribution in [3.05, 3.63) is 46.3 Å². The summed E-state index contributed by atoms with van der Waals surface area (Å²) in [4.78, 5) is 2.58. The van der Waals surface area contributed by atoms with Gasteiger partial charge in [0.05, 0.1) is 0 Å². The Morgan fingerprint density at radius 3 is 2.71 bits per heavy atom. The van der Waals surface area contributed by atoms with Crippen LogP contribution in [0.5, 0.6) is 0 Å². The summed E-state index contributed by atoms with van der Waals surface area (Å²) in [5, 5.41) is 4.24. The van der Waals surface area contributed by atoms with Crippen LogP contribution in [-0.4, -0.2) is 6.54 Å². The maximum absolute atomic E-state index is 6.20. The van der Waals surface area contributed by atoms with Gasteiger partial charge in [-0.1, -0.05) is 36.7 Å². The molecule has 0 saturated carbocycles. The third kappa shape index (κ3) is 2.89. The van der Waals surface area contributed by atoms with E-state index in [1.165, 1.54) is 9.75 Å². The van der Waals surface area contributed by atoms with Crippen LogP contribution in [0.1, 0.15) is 24.8 Å². The minimum atomic E-state index is 0.404. The molecule has 0 aliphatic heterocycles. The molecule has 90 valence electrons. The Hall–Kier alpha value is -0.830. The second kappa shape index (κ2) is 5.67. The topological polar surface area (TPSA) is 12.0 Å². The minimum absolute atomic E-state index is 0.404. The van der Waals surface area contributed by atoms with E-state index in [4.69, 9.17) is 11.6 Å². The highest BCUT2D eigenvalue weighted by atomic mass is 35.5. The second-order valence-electron chi connectivity index (χ2n) is 3.96. The Balaban J connectivity index is 2.27. The molecule has 1 aromatic heterocycles. The molecule has 1 nitrogen and oxygen atoms in total. The van der Waals surface area contributed by atoms with Crippen LogP contribution in [0.2, 0.25) is 5.02 Å². The zero-order chi connectivity index (χ0) is 12.3. The fourth-order valence-corrected chi connectivity index (χ4v) is 3.17. The van der Waals surface area contributed by atoms with Crippen LogP contribution in [0.4, 0.5) is 0 Å². The first-order valence-electron chi connectivity index (χ1n) is 5.80. The predicted molar refractivity (Wildman–Crippen MR) is 76.9 cm³/mol. The molecule has 0 radical (unpaired) electrons. The first-order chi connectivity index (χ1) is 8.22. The molecule has 0 aliphatic rings. The van der Waals surface area contributed by atoms with Gasteiger partial charge in [0.25, 0.3) is 0 Å². The molecule has 1 atom stereocenters. The van der Waals surface area contributed by atoms with Crippen molar-refractivity contribution in [3.63, 3.8) is 0 Å². The zero-order valence-corrected chi connectivity index (χ0v) is 11.6. The van der Waals surface area contributed by atoms with Crippen molar-refractivity contribution >= 4 is 22.9 Å². The first-order valence-corrected chi connectivity index (χ1v) is 7.00. The van der Waals surface area contributed by atoms with Crippen LogP contribution < -0.4 is 5.32 Å². The summed E-state index contributed by atoms with van der Waals surface area (Å²) in [5.41, 5.74) is 1.12. The largest absolute Gasteiger partial charge is 0.310 e. The standard InChI is InChI=1S/C14H16ClNS/c1-3-16-10(2)13-8-9-14(17-13)11-6-4-5-7-12(11)15/h4-10,16H,3H2,1-2H3. The Kier molecular flexibility index (Phi) is 4.21. The lowest BCUT2D eigenvalue weighted by molar-refractivity contribution is 0.607. The summed E-state index contributed by atoms with van der Waals surface area (Å²) in [7, 11) is 0. The van der Waals surface area contributed by atoms with Crippen molar-refractivity contribution in [1.29, 1.82) is 0 Å². The maximum atomic E-state index is 6.20. The molecular formula is C14H16ClNS. The van der Waals surface area contributed by atoms with Crippen molar-refractivity contribution in [1.82, 2.24) is 5.32 Å². The summed E-state index contributed by atoms with van der Waals surface area (Å²) in [6.45, 7) is 5.30. The lowest BCUT2D eigenvalue weighted by Crippen LogP contribution is -2.16. The van der Waals surface area contributed by atoms with Gasteiger partial charge in [0.1, 0.15) is 0 Å². The number of halogens is 1. The zero-order valence-electron chi connectivity index (χ0n) is 10.0. The summed E-state index contributed by atoms with van der Waals surface area (Å²) >= 11 is 8.00. The van der Waals surface area contributed by atoms with Crippen LogP contribution >= 0.6 is 22.9 Å². The van der Waals surface area contributed by atoms with Crippen molar-refractivity contribution < 1.29 is 0 Å². The molecule has 0 fully saturated rings. The van der Waals surface area contributed by atoms with Gasteiger partial charge in [0.15, 0.2) is 0 Å². The SMILES string of the molecule is CCNC(C)c1ccc(-c2ccccc2Cl)s1. The smallest absolute Gasteiger partial charge is 0.0492 e.